The summed E-state index contributed by atoms with van der Waals surface area (Å²) in [6.45, 7) is 3.34. The van der Waals surface area contributed by atoms with Crippen molar-refractivity contribution in [1.82, 2.24) is 5.32 Å². The molecule has 0 aliphatic carbocycles. The molecule has 0 fully saturated rings. The minimum absolute atomic E-state index is 0.103. The van der Waals surface area contributed by atoms with Gasteiger partial charge in [0.05, 0.1) is 6.54 Å². The number of hydrogen-bond donors (Lipinski definition) is 1. The Bertz CT molecular complexity index is 947. The van der Waals surface area contributed by atoms with Gasteiger partial charge < -0.3 is 5.32 Å². The van der Waals surface area contributed by atoms with Gasteiger partial charge in [-0.05, 0) is 67.3 Å². The van der Waals surface area contributed by atoms with Crippen LogP contribution in [0.3, 0.4) is 0 Å². The number of nitrogens with zero attached hydrogens (tertiary/aromatic N) is 1. The lowest BCUT2D eigenvalue weighted by atomic mass is 10.0. The minimum Gasteiger partial charge on any atom is -0.352 e. The van der Waals surface area contributed by atoms with E-state index in [1.807, 2.05) is 19.2 Å². The van der Waals surface area contributed by atoms with E-state index in [0.29, 0.717) is 12.1 Å². The van der Waals surface area contributed by atoms with E-state index in [4.69, 9.17) is 0 Å². The van der Waals surface area contributed by atoms with E-state index in [2.05, 4.69) is 28.2 Å². The van der Waals surface area contributed by atoms with Gasteiger partial charge in [-0.25, -0.2) is 4.39 Å². The molecule has 0 aromatic heterocycles. The number of allylic oxidation sites excluding steroid dienone is 1. The van der Waals surface area contributed by atoms with Gasteiger partial charge in [-0.15, -0.1) is 0 Å². The molecule has 1 aliphatic rings. The summed E-state index contributed by atoms with van der Waals surface area (Å²) in [7, 11) is 0. The van der Waals surface area contributed by atoms with Crippen LogP contribution in [-0.2, 0) is 0 Å². The van der Waals surface area contributed by atoms with Crippen molar-refractivity contribution < 1.29 is 9.18 Å². The number of carbonyl (C=O) groups excluding carboxylic acids is 1. The fraction of sp³-hybridized carbons (Fsp3) is 0.217. The van der Waals surface area contributed by atoms with Crippen molar-refractivity contribution in [3.63, 3.8) is 0 Å². The van der Waals surface area contributed by atoms with Crippen molar-refractivity contribution in [1.29, 1.82) is 0 Å². The Balaban J connectivity index is 1.61. The average molecular weight is 360 g/mol. The standard InChI is InChI=1S/C23H21FN2O/c1-17-4-8-21(23(27)26-13-2-3-19-12-14-25-16-19)15-20(17)9-5-18-6-10-22(24)11-7-18/h4,6-8,10-12,15-16H,2-3,13-14H2,1H3,(H,26,27). The topological polar surface area (TPSA) is 41.5 Å². The van der Waals surface area contributed by atoms with Gasteiger partial charge in [0.25, 0.3) is 5.91 Å². The molecule has 1 N–H and O–H groups in total. The quantitative estimate of drug-likeness (QED) is 0.634. The molecule has 0 atom stereocenters. The first-order valence-corrected chi connectivity index (χ1v) is 8.97. The molecule has 0 saturated heterocycles. The van der Waals surface area contributed by atoms with Crippen LogP contribution in [0.2, 0.25) is 0 Å². The van der Waals surface area contributed by atoms with E-state index in [0.717, 1.165) is 36.1 Å². The molecule has 3 nitrogen and oxygen atoms in total. The molecule has 1 heterocycles. The average Bonchev–Trinajstić information content (AvgIpc) is 3.19. The lowest BCUT2D eigenvalue weighted by Crippen LogP contribution is -2.24. The van der Waals surface area contributed by atoms with E-state index in [9.17, 15) is 9.18 Å². The Labute approximate surface area is 159 Å². The van der Waals surface area contributed by atoms with Crippen LogP contribution in [0.1, 0.15) is 39.9 Å². The van der Waals surface area contributed by atoms with Crippen LogP contribution in [0.4, 0.5) is 4.39 Å². The number of halogens is 1. The SMILES string of the molecule is Cc1ccc(C(=O)NCCCC2=CCN=C2)cc1C#Cc1ccc(F)cc1. The predicted molar refractivity (Wildman–Crippen MR) is 107 cm³/mol. The van der Waals surface area contributed by atoms with Crippen LogP contribution in [0.15, 0.2) is 59.1 Å². The van der Waals surface area contributed by atoms with E-state index in [1.165, 1.54) is 17.7 Å². The fourth-order valence-electron chi connectivity index (χ4n) is 2.73. The summed E-state index contributed by atoms with van der Waals surface area (Å²) in [4.78, 5) is 16.5. The highest BCUT2D eigenvalue weighted by Crippen LogP contribution is 2.11. The number of benzene rings is 2. The second kappa shape index (κ2) is 8.95. The van der Waals surface area contributed by atoms with Gasteiger partial charge in [-0.1, -0.05) is 24.0 Å². The summed E-state index contributed by atoms with van der Waals surface area (Å²) in [5, 5.41) is 2.95. The summed E-state index contributed by atoms with van der Waals surface area (Å²) >= 11 is 0. The number of nitrogens with one attached hydrogen (secondary N) is 1. The Morgan fingerprint density at radius 2 is 2.00 bits per heavy atom. The number of aryl methyl sites for hydroxylation is 1. The molecule has 3 rings (SSSR count). The van der Waals surface area contributed by atoms with Crippen molar-refractivity contribution in [3.05, 3.63) is 82.2 Å². The molecule has 0 unspecified atom stereocenters. The normalized spacial score (nSPS) is 12.3. The van der Waals surface area contributed by atoms with Gasteiger partial charge >= 0.3 is 0 Å². The highest BCUT2D eigenvalue weighted by molar-refractivity contribution is 5.94. The van der Waals surface area contributed by atoms with E-state index in [-0.39, 0.29) is 11.7 Å². The van der Waals surface area contributed by atoms with Crippen molar-refractivity contribution >= 4 is 12.1 Å². The third-order valence-electron chi connectivity index (χ3n) is 4.33. The summed E-state index contributed by atoms with van der Waals surface area (Å²) in [6.07, 6.45) is 5.81. The molecule has 0 bridgehead atoms. The summed E-state index contributed by atoms with van der Waals surface area (Å²) < 4.78 is 13.0. The third kappa shape index (κ3) is 5.39. The molecule has 2 aromatic carbocycles. The summed E-state index contributed by atoms with van der Waals surface area (Å²) in [5.74, 6) is 5.70. The third-order valence-corrected chi connectivity index (χ3v) is 4.33. The Hall–Kier alpha value is -3.19. The first kappa shape index (κ1) is 18.6. The fourth-order valence-corrected chi connectivity index (χ4v) is 2.73. The second-order valence-electron chi connectivity index (χ2n) is 6.42. The van der Waals surface area contributed by atoms with Gasteiger partial charge in [0.2, 0.25) is 0 Å². The zero-order valence-electron chi connectivity index (χ0n) is 15.3. The molecule has 4 heteroatoms. The maximum atomic E-state index is 13.0. The molecule has 136 valence electrons. The van der Waals surface area contributed by atoms with E-state index >= 15 is 0 Å². The zero-order valence-corrected chi connectivity index (χ0v) is 15.3. The Morgan fingerprint density at radius 3 is 2.74 bits per heavy atom. The number of carbonyl (C=O) groups is 1. The number of aliphatic imine (C=N–C) groups is 1. The molecule has 1 amide bonds. The predicted octanol–water partition coefficient (Wildman–Crippen LogP) is 4.05. The van der Waals surface area contributed by atoms with Gasteiger partial charge in [-0.2, -0.15) is 0 Å². The maximum absolute atomic E-state index is 13.0. The molecule has 0 spiro atoms. The van der Waals surface area contributed by atoms with Gasteiger partial charge in [-0.3, -0.25) is 9.79 Å². The molecule has 2 aromatic rings. The van der Waals surface area contributed by atoms with Gasteiger partial charge in [0.15, 0.2) is 0 Å². The zero-order chi connectivity index (χ0) is 19.1. The van der Waals surface area contributed by atoms with Crippen molar-refractivity contribution in [2.45, 2.75) is 19.8 Å². The summed E-state index contributed by atoms with van der Waals surface area (Å²) in [5.41, 5.74) is 4.34. The lowest BCUT2D eigenvalue weighted by Gasteiger charge is -2.07. The Morgan fingerprint density at radius 1 is 1.19 bits per heavy atom. The minimum atomic E-state index is -0.285. The number of amides is 1. The van der Waals surface area contributed by atoms with Crippen molar-refractivity contribution in [3.8, 4) is 11.8 Å². The smallest absolute Gasteiger partial charge is 0.251 e. The van der Waals surface area contributed by atoms with Crippen LogP contribution in [0.25, 0.3) is 0 Å². The van der Waals surface area contributed by atoms with Crippen LogP contribution >= 0.6 is 0 Å². The maximum Gasteiger partial charge on any atom is 0.251 e. The number of hydrogen-bond acceptors (Lipinski definition) is 2. The molecule has 0 saturated carbocycles. The van der Waals surface area contributed by atoms with Gasteiger partial charge in [0.1, 0.15) is 5.82 Å². The van der Waals surface area contributed by atoms with E-state index in [1.54, 1.807) is 24.3 Å². The molecule has 1 aliphatic heterocycles. The molecule has 0 radical (unpaired) electrons. The van der Waals surface area contributed by atoms with Crippen molar-refractivity contribution in [2.75, 3.05) is 13.1 Å². The van der Waals surface area contributed by atoms with Gasteiger partial charge in [0, 0.05) is 29.4 Å². The molecular weight excluding hydrogens is 339 g/mol. The van der Waals surface area contributed by atoms with E-state index < -0.39 is 0 Å². The first-order valence-electron chi connectivity index (χ1n) is 8.97. The number of rotatable bonds is 5. The van der Waals surface area contributed by atoms with Crippen molar-refractivity contribution in [2.24, 2.45) is 4.99 Å². The Kier molecular flexibility index (Phi) is 6.17. The molecular formula is C23H21FN2O. The van der Waals surface area contributed by atoms with Crippen LogP contribution in [-0.4, -0.2) is 25.2 Å². The second-order valence-corrected chi connectivity index (χ2v) is 6.42. The highest BCUT2D eigenvalue weighted by atomic mass is 19.1. The largest absolute Gasteiger partial charge is 0.352 e. The van der Waals surface area contributed by atoms with Crippen LogP contribution < -0.4 is 5.32 Å². The molecule has 27 heavy (non-hydrogen) atoms. The van der Waals surface area contributed by atoms with Crippen LogP contribution in [0, 0.1) is 24.6 Å². The van der Waals surface area contributed by atoms with Crippen LogP contribution in [0.5, 0.6) is 0 Å². The first-order chi connectivity index (χ1) is 13.1. The lowest BCUT2D eigenvalue weighted by molar-refractivity contribution is 0.0953. The monoisotopic (exact) mass is 360 g/mol. The highest BCUT2D eigenvalue weighted by Gasteiger charge is 2.07. The summed E-state index contributed by atoms with van der Waals surface area (Å²) in [6, 6.07) is 11.5.